The summed E-state index contributed by atoms with van der Waals surface area (Å²) in [6, 6.07) is 15.6. The fourth-order valence-corrected chi connectivity index (χ4v) is 8.27. The number of nitrogens with one attached hydrogen (secondary N) is 1. The molecule has 0 radical (unpaired) electrons. The summed E-state index contributed by atoms with van der Waals surface area (Å²) in [6.07, 6.45) is 6.63. The average Bonchev–Trinajstić information content (AvgIpc) is 3.99. The van der Waals surface area contributed by atoms with Crippen molar-refractivity contribution in [3.8, 4) is 40.0 Å². The van der Waals surface area contributed by atoms with Crippen LogP contribution in [0.4, 0.5) is 10.2 Å². The SMILES string of the molecule is CCc1c(F)ccc2cc(O)cc(-c3ncc4c(N5CC6CC5CN6)nc(OC5CCOCC5)nc4c3OCc3ccc(-c4cn(C(C)C(C)C)nn4)cc3)c12. The van der Waals surface area contributed by atoms with Gasteiger partial charge in [0, 0.05) is 55.3 Å². The maximum absolute atomic E-state index is 15.5. The number of piperazine rings is 1. The summed E-state index contributed by atoms with van der Waals surface area (Å²) < 4.78 is 36.3. The van der Waals surface area contributed by atoms with Gasteiger partial charge in [-0.3, -0.25) is 4.98 Å². The van der Waals surface area contributed by atoms with Gasteiger partial charge in [-0.1, -0.05) is 56.3 Å². The molecule has 12 nitrogen and oxygen atoms in total. The number of pyridine rings is 1. The smallest absolute Gasteiger partial charge is 0.319 e. The molecule has 3 aliphatic heterocycles. The Bertz CT molecular complexity index is 2400. The van der Waals surface area contributed by atoms with Crippen molar-refractivity contribution in [1.82, 2.24) is 35.3 Å². The Morgan fingerprint density at radius 3 is 2.61 bits per heavy atom. The van der Waals surface area contributed by atoms with Gasteiger partial charge in [0.1, 0.15) is 47.0 Å². The van der Waals surface area contributed by atoms with Gasteiger partial charge in [-0.25, -0.2) is 9.07 Å². The van der Waals surface area contributed by atoms with Crippen LogP contribution in [0, 0.1) is 11.7 Å². The molecule has 0 amide bonds. The third-order valence-corrected chi connectivity index (χ3v) is 11.7. The maximum Gasteiger partial charge on any atom is 0.319 e. The third-order valence-electron chi connectivity index (χ3n) is 11.7. The standard InChI is InChI=1S/C43H47FN8O4/c1-5-33-36(44)11-10-28-16-31(53)18-34(38(28)33)39-41(55-23-26-6-8-27(9-7-26)37-22-52(50-49-37)25(4)24(2)3)40-35(20-46-39)42(51-21-29-17-30(51)19-45-29)48-43(47-40)56-32-12-14-54-15-13-32/h6-11,16,18,20,22,24-25,29-30,32,45,53H,5,12-15,17,19,21,23H2,1-4H3. The normalized spacial score (nSPS) is 19.1. The number of benzene rings is 3. The first kappa shape index (κ1) is 36.3. The van der Waals surface area contributed by atoms with Crippen molar-refractivity contribution < 1.29 is 23.7 Å². The predicted molar refractivity (Wildman–Crippen MR) is 213 cm³/mol. The molecule has 56 heavy (non-hydrogen) atoms. The number of ether oxygens (including phenoxy) is 3. The second-order valence-corrected chi connectivity index (χ2v) is 15.6. The lowest BCUT2D eigenvalue weighted by Gasteiger charge is -2.30. The molecule has 9 rings (SSSR count). The van der Waals surface area contributed by atoms with Crippen LogP contribution >= 0.6 is 0 Å². The minimum Gasteiger partial charge on any atom is -0.508 e. The number of phenolic OH excluding ortho intramolecular Hbond substituents is 1. The number of anilines is 1. The summed E-state index contributed by atoms with van der Waals surface area (Å²) in [7, 11) is 0. The zero-order chi connectivity index (χ0) is 38.5. The zero-order valence-corrected chi connectivity index (χ0v) is 32.2. The van der Waals surface area contributed by atoms with E-state index in [4.69, 9.17) is 29.2 Å². The van der Waals surface area contributed by atoms with Crippen LogP contribution in [0.2, 0.25) is 0 Å². The second kappa shape index (κ2) is 14.9. The summed E-state index contributed by atoms with van der Waals surface area (Å²) in [4.78, 5) is 17.5. The predicted octanol–water partition coefficient (Wildman–Crippen LogP) is 7.41. The molecular weight excluding hydrogens is 712 g/mol. The Kier molecular flexibility index (Phi) is 9.66. The summed E-state index contributed by atoms with van der Waals surface area (Å²) >= 11 is 0. The number of aromatic nitrogens is 6. The number of halogens is 1. The minimum atomic E-state index is -0.316. The number of hydrogen-bond acceptors (Lipinski definition) is 11. The fraction of sp³-hybridized carbons (Fsp3) is 0.419. The highest BCUT2D eigenvalue weighted by molar-refractivity contribution is 6.04. The number of aryl methyl sites for hydroxylation is 1. The molecule has 0 saturated carbocycles. The van der Waals surface area contributed by atoms with Gasteiger partial charge >= 0.3 is 6.01 Å². The molecule has 3 unspecified atom stereocenters. The Balaban J connectivity index is 1.17. The van der Waals surface area contributed by atoms with Crippen LogP contribution in [0.15, 0.2) is 60.9 Å². The van der Waals surface area contributed by atoms with Crippen LogP contribution < -0.4 is 19.7 Å². The lowest BCUT2D eigenvalue weighted by atomic mass is 9.94. The van der Waals surface area contributed by atoms with Gasteiger partial charge in [0.25, 0.3) is 0 Å². The number of aromatic hydroxyl groups is 1. The summed E-state index contributed by atoms with van der Waals surface area (Å²) in [5.41, 5.74) is 4.73. The quantitative estimate of drug-likeness (QED) is 0.137. The van der Waals surface area contributed by atoms with Crippen LogP contribution in [0.25, 0.3) is 44.2 Å². The van der Waals surface area contributed by atoms with Gasteiger partial charge in [0.05, 0.1) is 30.8 Å². The monoisotopic (exact) mass is 758 g/mol. The topological polar surface area (TPSA) is 133 Å². The Hall–Kier alpha value is -5.40. The highest BCUT2D eigenvalue weighted by Crippen LogP contribution is 2.44. The number of hydrogen-bond donors (Lipinski definition) is 2. The van der Waals surface area contributed by atoms with Crippen LogP contribution in [-0.2, 0) is 17.8 Å². The van der Waals surface area contributed by atoms with E-state index in [0.29, 0.717) is 70.5 Å². The lowest BCUT2D eigenvalue weighted by molar-refractivity contribution is 0.0219. The van der Waals surface area contributed by atoms with E-state index in [1.54, 1.807) is 24.4 Å². The Morgan fingerprint density at radius 1 is 1.05 bits per heavy atom. The molecule has 2 bridgehead atoms. The molecule has 6 aromatic rings. The number of phenols is 1. The number of nitrogens with zero attached hydrogens (tertiary/aromatic N) is 7. The molecule has 2 N–H and O–H groups in total. The van der Waals surface area contributed by atoms with Crippen molar-refractivity contribution in [3.05, 3.63) is 77.9 Å². The molecular formula is C43H47FN8O4. The van der Waals surface area contributed by atoms with E-state index in [9.17, 15) is 5.11 Å². The maximum atomic E-state index is 15.5. The van der Waals surface area contributed by atoms with Crippen LogP contribution in [0.3, 0.4) is 0 Å². The van der Waals surface area contributed by atoms with Crippen LogP contribution in [0.1, 0.15) is 64.1 Å². The average molecular weight is 759 g/mol. The molecule has 0 spiro atoms. The Labute approximate surface area is 325 Å². The van der Waals surface area contributed by atoms with Gasteiger partial charge in [-0.2, -0.15) is 9.97 Å². The number of fused-ring (bicyclic) bond motifs is 4. The molecule has 3 aromatic carbocycles. The molecule has 3 fully saturated rings. The number of rotatable bonds is 11. The van der Waals surface area contributed by atoms with Gasteiger partial charge in [-0.05, 0) is 65.8 Å². The van der Waals surface area contributed by atoms with Crippen molar-refractivity contribution in [2.24, 2.45) is 5.92 Å². The molecule has 3 aliphatic rings. The van der Waals surface area contributed by atoms with Crippen molar-refractivity contribution in [2.45, 2.75) is 84.2 Å². The van der Waals surface area contributed by atoms with Gasteiger partial charge in [0.15, 0.2) is 5.75 Å². The largest absolute Gasteiger partial charge is 0.508 e. The highest BCUT2D eigenvalue weighted by Gasteiger charge is 2.40. The minimum absolute atomic E-state index is 0.0387. The second-order valence-electron chi connectivity index (χ2n) is 15.6. The van der Waals surface area contributed by atoms with Gasteiger partial charge < -0.3 is 29.5 Å². The molecule has 13 heteroatoms. The van der Waals surface area contributed by atoms with E-state index in [1.165, 1.54) is 6.07 Å². The molecule has 3 saturated heterocycles. The van der Waals surface area contributed by atoms with E-state index in [2.05, 4.69) is 41.3 Å². The van der Waals surface area contributed by atoms with E-state index in [1.807, 2.05) is 42.1 Å². The van der Waals surface area contributed by atoms with Gasteiger partial charge in [0.2, 0.25) is 0 Å². The third kappa shape index (κ3) is 6.76. The summed E-state index contributed by atoms with van der Waals surface area (Å²) in [5, 5.41) is 25.5. The molecule has 6 heterocycles. The molecule has 3 aromatic heterocycles. The van der Waals surface area contributed by atoms with Crippen LogP contribution in [0.5, 0.6) is 17.5 Å². The first-order valence-corrected chi connectivity index (χ1v) is 19.8. The highest BCUT2D eigenvalue weighted by atomic mass is 19.1. The van der Waals surface area contributed by atoms with Crippen molar-refractivity contribution in [2.75, 3.05) is 31.2 Å². The molecule has 3 atom stereocenters. The fourth-order valence-electron chi connectivity index (χ4n) is 8.27. The van der Waals surface area contributed by atoms with E-state index < -0.39 is 0 Å². The van der Waals surface area contributed by atoms with E-state index in [-0.39, 0.29) is 42.4 Å². The first-order valence-electron chi connectivity index (χ1n) is 19.8. The van der Waals surface area contributed by atoms with Crippen molar-refractivity contribution >= 4 is 27.5 Å². The van der Waals surface area contributed by atoms with Crippen molar-refractivity contribution in [1.29, 1.82) is 0 Å². The summed E-state index contributed by atoms with van der Waals surface area (Å²) in [6.45, 7) is 11.5. The van der Waals surface area contributed by atoms with Gasteiger partial charge in [-0.15, -0.1) is 5.10 Å². The first-order chi connectivity index (χ1) is 27.2. The molecule has 290 valence electrons. The van der Waals surface area contributed by atoms with E-state index in [0.717, 1.165) is 60.4 Å². The van der Waals surface area contributed by atoms with Crippen LogP contribution in [-0.4, -0.2) is 79.5 Å². The summed E-state index contributed by atoms with van der Waals surface area (Å²) in [5.74, 6) is 1.30. The zero-order valence-electron chi connectivity index (χ0n) is 32.2. The van der Waals surface area contributed by atoms with Crippen molar-refractivity contribution in [3.63, 3.8) is 0 Å². The van der Waals surface area contributed by atoms with E-state index >= 15 is 4.39 Å². The lowest BCUT2D eigenvalue weighted by Crippen LogP contribution is -2.44. The Morgan fingerprint density at radius 2 is 1.88 bits per heavy atom. The molecule has 0 aliphatic carbocycles.